The number of aliphatic hydroxyl groups is 1. The van der Waals surface area contributed by atoms with Crippen LogP contribution >= 0.6 is 23.1 Å². The van der Waals surface area contributed by atoms with E-state index in [-0.39, 0.29) is 6.61 Å². The van der Waals surface area contributed by atoms with Gasteiger partial charge < -0.3 is 9.67 Å². The van der Waals surface area contributed by atoms with E-state index in [1.165, 1.54) is 4.88 Å². The molecular formula is C12H13N3OS2. The van der Waals surface area contributed by atoms with Crippen LogP contribution in [-0.2, 0) is 12.8 Å². The van der Waals surface area contributed by atoms with Crippen LogP contribution in [0.2, 0.25) is 0 Å². The van der Waals surface area contributed by atoms with Crippen molar-refractivity contribution in [2.45, 2.75) is 17.3 Å². The highest BCUT2D eigenvalue weighted by molar-refractivity contribution is 7.98. The molecule has 2 heterocycles. The number of hydrogen-bond donors (Lipinski definition) is 1. The van der Waals surface area contributed by atoms with Crippen LogP contribution < -0.4 is 0 Å². The molecule has 6 heteroatoms. The van der Waals surface area contributed by atoms with Crippen molar-refractivity contribution in [2.24, 2.45) is 7.05 Å². The molecule has 2 aromatic rings. The maximum absolute atomic E-state index is 8.65. The van der Waals surface area contributed by atoms with Gasteiger partial charge in [0.15, 0.2) is 5.16 Å². The Morgan fingerprint density at radius 3 is 3.11 bits per heavy atom. The number of nitrogens with zero attached hydrogens (tertiary/aromatic N) is 3. The van der Waals surface area contributed by atoms with E-state index in [1.54, 1.807) is 29.4 Å². The number of hydrogen-bond acceptors (Lipinski definition) is 5. The zero-order chi connectivity index (χ0) is 12.8. The molecule has 1 N–H and O–H groups in total. The minimum Gasteiger partial charge on any atom is -0.395 e. The molecule has 2 aromatic heterocycles. The molecule has 0 unspecified atom stereocenters. The topological polar surface area (TPSA) is 50.9 Å². The zero-order valence-corrected chi connectivity index (χ0v) is 11.6. The molecule has 0 spiro atoms. The van der Waals surface area contributed by atoms with Gasteiger partial charge in [0.2, 0.25) is 0 Å². The van der Waals surface area contributed by atoms with E-state index in [9.17, 15) is 0 Å². The molecule has 0 aliphatic carbocycles. The van der Waals surface area contributed by atoms with Gasteiger partial charge in [-0.25, -0.2) is 0 Å². The first-order valence-corrected chi connectivity index (χ1v) is 7.25. The quantitative estimate of drug-likeness (QED) is 0.686. The van der Waals surface area contributed by atoms with Crippen LogP contribution in [0.1, 0.15) is 16.2 Å². The number of aryl methyl sites for hydroxylation is 1. The Bertz CT molecular complexity index is 565. The summed E-state index contributed by atoms with van der Waals surface area (Å²) in [6, 6.07) is 4.10. The van der Waals surface area contributed by atoms with Gasteiger partial charge in [-0.05, 0) is 12.1 Å². The first-order valence-electron chi connectivity index (χ1n) is 5.45. The molecule has 0 aliphatic rings. The van der Waals surface area contributed by atoms with Crippen molar-refractivity contribution >= 4 is 23.1 Å². The lowest BCUT2D eigenvalue weighted by atomic mass is 10.4. The molecule has 0 saturated carbocycles. The Balaban J connectivity index is 1.91. The zero-order valence-electron chi connectivity index (χ0n) is 9.96. The number of aliphatic hydroxyl groups excluding tert-OH is 1. The highest BCUT2D eigenvalue weighted by Gasteiger charge is 2.03. The van der Waals surface area contributed by atoms with Crippen LogP contribution in [0.25, 0.3) is 0 Å². The molecular weight excluding hydrogens is 266 g/mol. The number of rotatable bonds is 4. The molecule has 0 aromatic carbocycles. The lowest BCUT2D eigenvalue weighted by Crippen LogP contribution is -1.88. The lowest BCUT2D eigenvalue weighted by Gasteiger charge is -1.97. The molecule has 0 atom stereocenters. The Hall–Kier alpha value is -1.29. The fraction of sp³-hybridized carbons (Fsp3) is 0.333. The van der Waals surface area contributed by atoms with Crippen LogP contribution in [0.5, 0.6) is 0 Å². The molecule has 0 fully saturated rings. The third kappa shape index (κ3) is 3.60. The van der Waals surface area contributed by atoms with Crippen LogP contribution in [0.15, 0.2) is 23.6 Å². The van der Waals surface area contributed by atoms with Crippen molar-refractivity contribution in [2.75, 3.05) is 6.61 Å². The summed E-state index contributed by atoms with van der Waals surface area (Å²) in [4.78, 5) is 2.30. The van der Waals surface area contributed by atoms with Gasteiger partial charge >= 0.3 is 0 Å². The van der Waals surface area contributed by atoms with E-state index in [0.29, 0.717) is 6.42 Å². The minimum absolute atomic E-state index is 0.118. The van der Waals surface area contributed by atoms with E-state index in [0.717, 1.165) is 15.8 Å². The second kappa shape index (κ2) is 6.59. The molecule has 2 rings (SSSR count). The summed E-state index contributed by atoms with van der Waals surface area (Å²) in [5.74, 6) is 6.83. The minimum atomic E-state index is 0.118. The predicted octanol–water partition coefficient (Wildman–Crippen LogP) is 1.90. The van der Waals surface area contributed by atoms with E-state index >= 15 is 0 Å². The third-order valence-electron chi connectivity index (χ3n) is 2.12. The van der Waals surface area contributed by atoms with Crippen molar-refractivity contribution in [1.29, 1.82) is 0 Å². The Morgan fingerprint density at radius 2 is 2.39 bits per heavy atom. The standard InChI is InChI=1S/C12H13N3OS2/c1-15-9-13-14-12(15)17-8-11-6-5-10(18-11)4-2-3-7-16/h5-6,9,16H,3,7-8H2,1H3. The van der Waals surface area contributed by atoms with Gasteiger partial charge in [0.25, 0.3) is 0 Å². The Labute approximate surface area is 114 Å². The van der Waals surface area contributed by atoms with Gasteiger partial charge in [0.1, 0.15) is 6.33 Å². The highest BCUT2D eigenvalue weighted by Crippen LogP contribution is 2.24. The molecule has 0 bridgehead atoms. The van der Waals surface area contributed by atoms with Gasteiger partial charge in [-0.2, -0.15) is 0 Å². The largest absolute Gasteiger partial charge is 0.395 e. The smallest absolute Gasteiger partial charge is 0.191 e. The van der Waals surface area contributed by atoms with Gasteiger partial charge in [0, 0.05) is 24.1 Å². The number of thioether (sulfide) groups is 1. The van der Waals surface area contributed by atoms with Crippen molar-refractivity contribution in [3.05, 3.63) is 28.2 Å². The normalized spacial score (nSPS) is 10.1. The Kier molecular flexibility index (Phi) is 4.81. The fourth-order valence-corrected chi connectivity index (χ4v) is 3.08. The van der Waals surface area contributed by atoms with E-state index in [4.69, 9.17) is 5.11 Å². The molecule has 4 nitrogen and oxygen atoms in total. The van der Waals surface area contributed by atoms with Gasteiger partial charge in [-0.3, -0.25) is 0 Å². The Morgan fingerprint density at radius 1 is 1.50 bits per heavy atom. The first-order chi connectivity index (χ1) is 8.79. The SMILES string of the molecule is Cn1cnnc1SCc1ccc(C#CCCO)s1. The van der Waals surface area contributed by atoms with Crippen LogP contribution in [0.4, 0.5) is 0 Å². The van der Waals surface area contributed by atoms with Crippen LogP contribution in [-0.4, -0.2) is 26.5 Å². The maximum Gasteiger partial charge on any atom is 0.191 e. The summed E-state index contributed by atoms with van der Waals surface area (Å²) in [6.45, 7) is 0.118. The average molecular weight is 279 g/mol. The summed E-state index contributed by atoms with van der Waals surface area (Å²) < 4.78 is 1.90. The summed E-state index contributed by atoms with van der Waals surface area (Å²) in [6.07, 6.45) is 2.23. The third-order valence-corrected chi connectivity index (χ3v) is 4.39. The molecule has 0 saturated heterocycles. The van der Waals surface area contributed by atoms with Crippen LogP contribution in [0.3, 0.4) is 0 Å². The van der Waals surface area contributed by atoms with Gasteiger partial charge in [-0.1, -0.05) is 23.6 Å². The van der Waals surface area contributed by atoms with Crippen molar-refractivity contribution < 1.29 is 5.11 Å². The number of thiophene rings is 1. The van der Waals surface area contributed by atoms with E-state index in [1.807, 2.05) is 17.7 Å². The van der Waals surface area contributed by atoms with Gasteiger partial charge in [0.05, 0.1) is 11.5 Å². The fourth-order valence-electron chi connectivity index (χ4n) is 1.27. The molecule has 94 valence electrons. The van der Waals surface area contributed by atoms with Crippen molar-refractivity contribution in [1.82, 2.24) is 14.8 Å². The summed E-state index contributed by atoms with van der Waals surface area (Å²) in [5.41, 5.74) is 0. The maximum atomic E-state index is 8.65. The predicted molar refractivity (Wildman–Crippen MR) is 73.5 cm³/mol. The molecule has 0 amide bonds. The van der Waals surface area contributed by atoms with E-state index in [2.05, 4.69) is 28.1 Å². The monoisotopic (exact) mass is 279 g/mol. The second-order valence-corrected chi connectivity index (χ2v) is 5.67. The number of aromatic nitrogens is 3. The van der Waals surface area contributed by atoms with Crippen molar-refractivity contribution in [3.63, 3.8) is 0 Å². The summed E-state index contributed by atoms with van der Waals surface area (Å²) in [5, 5.41) is 17.4. The summed E-state index contributed by atoms with van der Waals surface area (Å²) >= 11 is 3.34. The first kappa shape index (κ1) is 13.1. The van der Waals surface area contributed by atoms with Crippen LogP contribution in [0, 0.1) is 11.8 Å². The van der Waals surface area contributed by atoms with Crippen molar-refractivity contribution in [3.8, 4) is 11.8 Å². The second-order valence-electron chi connectivity index (χ2n) is 3.55. The van der Waals surface area contributed by atoms with Gasteiger partial charge in [-0.15, -0.1) is 21.5 Å². The average Bonchev–Trinajstić information content (AvgIpc) is 2.96. The molecule has 18 heavy (non-hydrogen) atoms. The highest BCUT2D eigenvalue weighted by atomic mass is 32.2. The molecule has 0 aliphatic heterocycles. The lowest BCUT2D eigenvalue weighted by molar-refractivity contribution is 0.305. The van der Waals surface area contributed by atoms with E-state index < -0.39 is 0 Å². The molecule has 0 radical (unpaired) electrons. The summed E-state index contributed by atoms with van der Waals surface area (Å²) in [7, 11) is 1.93.